The van der Waals surface area contributed by atoms with Gasteiger partial charge in [0.15, 0.2) is 0 Å². The van der Waals surface area contributed by atoms with E-state index >= 15 is 0 Å². The van der Waals surface area contributed by atoms with Crippen LogP contribution in [-0.2, 0) is 13.0 Å². The van der Waals surface area contributed by atoms with E-state index in [2.05, 4.69) is 22.1 Å². The first kappa shape index (κ1) is 10.2. The predicted octanol–water partition coefficient (Wildman–Crippen LogP) is 1.53. The molecule has 1 aromatic carbocycles. The molecule has 0 radical (unpaired) electrons. The van der Waals surface area contributed by atoms with Crippen LogP contribution < -0.4 is 10.6 Å². The summed E-state index contributed by atoms with van der Waals surface area (Å²) in [6, 6.07) is 8.15. The lowest BCUT2D eigenvalue weighted by molar-refractivity contribution is 0.602. The molecular weight excluding hydrogens is 212 g/mol. The maximum Gasteiger partial charge on any atom is 0.0584 e. The van der Waals surface area contributed by atoms with Crippen LogP contribution in [0.3, 0.4) is 0 Å². The van der Waals surface area contributed by atoms with Crippen molar-refractivity contribution < 1.29 is 0 Å². The highest BCUT2D eigenvalue weighted by Gasteiger charge is 2.18. The maximum absolute atomic E-state index is 5.84. The molecule has 2 N–H and O–H groups in total. The van der Waals surface area contributed by atoms with Crippen molar-refractivity contribution in [2.75, 3.05) is 23.7 Å². The van der Waals surface area contributed by atoms with Crippen LogP contribution in [0, 0.1) is 0 Å². The average Bonchev–Trinajstić information content (AvgIpc) is 2.94. The largest absolute Gasteiger partial charge is 0.399 e. The summed E-state index contributed by atoms with van der Waals surface area (Å²) in [5.41, 5.74) is 9.37. The van der Waals surface area contributed by atoms with Crippen molar-refractivity contribution >= 4 is 11.4 Å². The zero-order valence-electron chi connectivity index (χ0n) is 9.71. The molecule has 0 bridgehead atoms. The van der Waals surface area contributed by atoms with Gasteiger partial charge in [-0.1, -0.05) is 6.07 Å². The van der Waals surface area contributed by atoms with E-state index in [0.717, 1.165) is 31.7 Å². The molecular formula is C13H16N4. The van der Waals surface area contributed by atoms with Gasteiger partial charge in [0.2, 0.25) is 0 Å². The van der Waals surface area contributed by atoms with Gasteiger partial charge in [-0.25, -0.2) is 0 Å². The van der Waals surface area contributed by atoms with Crippen molar-refractivity contribution in [3.05, 3.63) is 42.2 Å². The fraction of sp³-hybridized carbons (Fsp3) is 0.308. The second kappa shape index (κ2) is 4.13. The van der Waals surface area contributed by atoms with Crippen molar-refractivity contribution in [2.45, 2.75) is 13.0 Å². The molecule has 0 saturated carbocycles. The van der Waals surface area contributed by atoms with E-state index in [0.29, 0.717) is 0 Å². The molecule has 2 aromatic rings. The van der Waals surface area contributed by atoms with Gasteiger partial charge in [-0.15, -0.1) is 0 Å². The minimum absolute atomic E-state index is 0.842. The lowest BCUT2D eigenvalue weighted by atomic mass is 10.1. The standard InChI is InChI=1S/C13H16N4/c14-12-3-2-11-4-7-16(13(11)10-12)8-9-17-6-1-5-15-17/h1-3,5-6,10H,4,7-9,14H2. The van der Waals surface area contributed by atoms with Crippen LogP contribution in [-0.4, -0.2) is 22.9 Å². The number of nitrogens with zero attached hydrogens (tertiary/aromatic N) is 3. The van der Waals surface area contributed by atoms with E-state index in [1.54, 1.807) is 0 Å². The third kappa shape index (κ3) is 1.98. The number of rotatable bonds is 3. The van der Waals surface area contributed by atoms with Gasteiger partial charge in [-0.05, 0) is 30.2 Å². The van der Waals surface area contributed by atoms with Crippen LogP contribution >= 0.6 is 0 Å². The molecule has 1 aromatic heterocycles. The molecule has 1 aliphatic rings. The Hall–Kier alpha value is -1.97. The first-order valence-electron chi connectivity index (χ1n) is 5.94. The monoisotopic (exact) mass is 228 g/mol. The molecule has 3 rings (SSSR count). The molecule has 0 amide bonds. The van der Waals surface area contributed by atoms with E-state index in [1.165, 1.54) is 11.3 Å². The van der Waals surface area contributed by atoms with Gasteiger partial charge in [0.1, 0.15) is 0 Å². The van der Waals surface area contributed by atoms with E-state index in [1.807, 2.05) is 29.2 Å². The Bertz CT molecular complexity index is 504. The van der Waals surface area contributed by atoms with Crippen molar-refractivity contribution in [3.8, 4) is 0 Å². The van der Waals surface area contributed by atoms with Crippen LogP contribution in [0.4, 0.5) is 11.4 Å². The zero-order valence-corrected chi connectivity index (χ0v) is 9.71. The van der Waals surface area contributed by atoms with Gasteiger partial charge in [0.05, 0.1) is 6.54 Å². The lowest BCUT2D eigenvalue weighted by Gasteiger charge is -2.19. The highest BCUT2D eigenvalue weighted by molar-refractivity contribution is 5.64. The third-order valence-corrected chi connectivity index (χ3v) is 3.26. The van der Waals surface area contributed by atoms with E-state index in [9.17, 15) is 0 Å². The second-order valence-electron chi connectivity index (χ2n) is 4.39. The molecule has 0 atom stereocenters. The summed E-state index contributed by atoms with van der Waals surface area (Å²) in [4.78, 5) is 2.38. The number of fused-ring (bicyclic) bond motifs is 1. The Balaban J connectivity index is 1.73. The maximum atomic E-state index is 5.84. The van der Waals surface area contributed by atoms with Crippen LogP contribution in [0.25, 0.3) is 0 Å². The molecule has 4 heteroatoms. The number of nitrogens with two attached hydrogens (primary N) is 1. The number of hydrogen-bond acceptors (Lipinski definition) is 3. The number of hydrogen-bond donors (Lipinski definition) is 1. The Morgan fingerprint density at radius 2 is 2.24 bits per heavy atom. The summed E-state index contributed by atoms with van der Waals surface area (Å²) in [6.07, 6.45) is 4.93. The van der Waals surface area contributed by atoms with Gasteiger partial charge < -0.3 is 10.6 Å². The van der Waals surface area contributed by atoms with Gasteiger partial charge in [-0.3, -0.25) is 4.68 Å². The van der Waals surface area contributed by atoms with E-state index < -0.39 is 0 Å². The van der Waals surface area contributed by atoms with Crippen LogP contribution in [0.1, 0.15) is 5.56 Å². The molecule has 4 nitrogen and oxygen atoms in total. The predicted molar refractivity (Wildman–Crippen MR) is 69.0 cm³/mol. The van der Waals surface area contributed by atoms with E-state index in [-0.39, 0.29) is 0 Å². The summed E-state index contributed by atoms with van der Waals surface area (Å²) < 4.78 is 1.96. The molecule has 1 aliphatic heterocycles. The summed E-state index contributed by atoms with van der Waals surface area (Å²) in [7, 11) is 0. The Kier molecular flexibility index (Phi) is 2.48. The molecule has 0 spiro atoms. The quantitative estimate of drug-likeness (QED) is 0.810. The van der Waals surface area contributed by atoms with Gasteiger partial charge >= 0.3 is 0 Å². The third-order valence-electron chi connectivity index (χ3n) is 3.26. The minimum atomic E-state index is 0.842. The van der Waals surface area contributed by atoms with Crippen molar-refractivity contribution in [2.24, 2.45) is 0 Å². The first-order valence-corrected chi connectivity index (χ1v) is 5.94. The summed E-state index contributed by atoms with van der Waals surface area (Å²) in [6.45, 7) is 2.99. The highest BCUT2D eigenvalue weighted by atomic mass is 15.3. The van der Waals surface area contributed by atoms with Crippen LogP contribution in [0.15, 0.2) is 36.7 Å². The number of nitrogen functional groups attached to an aromatic ring is 1. The summed E-state index contributed by atoms with van der Waals surface area (Å²) >= 11 is 0. The number of anilines is 2. The summed E-state index contributed by atoms with van der Waals surface area (Å²) in [5.74, 6) is 0. The molecule has 2 heterocycles. The van der Waals surface area contributed by atoms with Crippen LogP contribution in [0.5, 0.6) is 0 Å². The van der Waals surface area contributed by atoms with Crippen molar-refractivity contribution in [1.82, 2.24) is 9.78 Å². The van der Waals surface area contributed by atoms with Crippen molar-refractivity contribution in [3.63, 3.8) is 0 Å². The normalized spacial score (nSPS) is 14.0. The Labute approximate surface area is 101 Å². The highest BCUT2D eigenvalue weighted by Crippen LogP contribution is 2.29. The fourth-order valence-electron chi connectivity index (χ4n) is 2.35. The van der Waals surface area contributed by atoms with Crippen molar-refractivity contribution in [1.29, 1.82) is 0 Å². The molecule has 0 aliphatic carbocycles. The summed E-state index contributed by atoms with van der Waals surface area (Å²) in [5, 5.41) is 4.22. The molecule has 17 heavy (non-hydrogen) atoms. The fourth-order valence-corrected chi connectivity index (χ4v) is 2.35. The molecule has 88 valence electrons. The molecule has 0 saturated heterocycles. The number of benzene rings is 1. The van der Waals surface area contributed by atoms with Gasteiger partial charge in [-0.2, -0.15) is 5.10 Å². The topological polar surface area (TPSA) is 47.1 Å². The van der Waals surface area contributed by atoms with Crippen LogP contribution in [0.2, 0.25) is 0 Å². The Morgan fingerprint density at radius 3 is 3.06 bits per heavy atom. The second-order valence-corrected chi connectivity index (χ2v) is 4.39. The average molecular weight is 228 g/mol. The van der Waals surface area contributed by atoms with E-state index in [4.69, 9.17) is 5.73 Å². The Morgan fingerprint density at radius 1 is 1.29 bits per heavy atom. The number of aromatic nitrogens is 2. The molecule has 0 unspecified atom stereocenters. The lowest BCUT2D eigenvalue weighted by Crippen LogP contribution is -2.25. The first-order chi connectivity index (χ1) is 8.33. The SMILES string of the molecule is Nc1ccc2c(c1)N(CCn1cccn1)CC2. The zero-order chi connectivity index (χ0) is 11.7. The van der Waals surface area contributed by atoms with Gasteiger partial charge in [0, 0.05) is 36.9 Å². The van der Waals surface area contributed by atoms with Gasteiger partial charge in [0.25, 0.3) is 0 Å². The molecule has 0 fully saturated rings. The smallest absolute Gasteiger partial charge is 0.0584 e. The minimum Gasteiger partial charge on any atom is -0.399 e.